The number of amides is 1. The van der Waals surface area contributed by atoms with Crippen LogP contribution in [0.15, 0.2) is 91.3 Å². The number of hydrogen-bond acceptors (Lipinski definition) is 9. The molecule has 3 N–H and O–H groups in total. The highest BCUT2D eigenvalue weighted by atomic mass is 19.4. The van der Waals surface area contributed by atoms with E-state index in [1.54, 1.807) is 23.6 Å². The molecule has 1 saturated heterocycles. The van der Waals surface area contributed by atoms with Gasteiger partial charge in [-0.3, -0.25) is 9.69 Å². The van der Waals surface area contributed by atoms with Gasteiger partial charge in [0.15, 0.2) is 17.0 Å². The normalized spacial score (nSPS) is 22.0. The van der Waals surface area contributed by atoms with Crippen molar-refractivity contribution in [1.29, 1.82) is 0 Å². The van der Waals surface area contributed by atoms with Crippen LogP contribution < -0.4 is 10.2 Å². The summed E-state index contributed by atoms with van der Waals surface area (Å²) in [6.07, 6.45) is -5.95. The molecule has 15 heteroatoms. The number of benzene rings is 3. The lowest BCUT2D eigenvalue weighted by Gasteiger charge is -2.31. The first-order valence-corrected chi connectivity index (χ1v) is 18.9. The average molecular weight is 775 g/mol. The van der Waals surface area contributed by atoms with E-state index in [4.69, 9.17) is 9.97 Å². The van der Waals surface area contributed by atoms with Crippen LogP contribution in [0.4, 0.5) is 29.3 Å². The molecule has 1 unspecified atom stereocenters. The predicted molar refractivity (Wildman–Crippen MR) is 205 cm³/mol. The van der Waals surface area contributed by atoms with Gasteiger partial charge in [0.25, 0.3) is 0 Å². The molecule has 0 spiro atoms. The van der Waals surface area contributed by atoms with Crippen LogP contribution in [0.2, 0.25) is 0 Å². The van der Waals surface area contributed by atoms with Gasteiger partial charge in [-0.15, -0.1) is 0 Å². The van der Waals surface area contributed by atoms with Crippen molar-refractivity contribution >= 4 is 28.8 Å². The van der Waals surface area contributed by atoms with Gasteiger partial charge in [-0.2, -0.15) is 23.1 Å². The summed E-state index contributed by atoms with van der Waals surface area (Å²) in [6, 6.07) is 24.1. The van der Waals surface area contributed by atoms with Gasteiger partial charge >= 0.3 is 12.1 Å². The number of alkyl halides is 3. The van der Waals surface area contributed by atoms with Gasteiger partial charge in [0, 0.05) is 51.7 Å². The van der Waals surface area contributed by atoms with E-state index in [9.17, 15) is 32.6 Å². The molecule has 1 amide bonds. The third-order valence-corrected chi connectivity index (χ3v) is 11.1. The van der Waals surface area contributed by atoms with Crippen LogP contribution in [-0.2, 0) is 11.3 Å². The SMILES string of the molecule is CCCN(C(=O)C(F)(F)F)[C@H]1C[C@@H](n2cnc3c(NCC(c4ccccc4)c4ccc(F)cc4)nc(N(C)[C@H]4CCN(Cc5ccccc5)C4)nc32)[C@H](O)[C@@H]1O. The van der Waals surface area contributed by atoms with E-state index in [0.29, 0.717) is 34.4 Å². The van der Waals surface area contributed by atoms with Crippen LogP contribution in [0.3, 0.4) is 0 Å². The van der Waals surface area contributed by atoms with Crippen molar-refractivity contribution < 1.29 is 32.6 Å². The number of nitrogens with zero attached hydrogens (tertiary/aromatic N) is 7. The molecule has 1 aliphatic heterocycles. The number of aromatic nitrogens is 4. The molecular formula is C41H46F4N8O3. The van der Waals surface area contributed by atoms with Gasteiger partial charge in [-0.25, -0.2) is 9.37 Å². The van der Waals surface area contributed by atoms with Crippen LogP contribution in [-0.4, -0.2) is 109 Å². The number of aliphatic hydroxyl groups excluding tert-OH is 2. The molecule has 3 heterocycles. The zero-order valence-corrected chi connectivity index (χ0v) is 31.2. The molecule has 7 rings (SSSR count). The van der Waals surface area contributed by atoms with Crippen LogP contribution >= 0.6 is 0 Å². The summed E-state index contributed by atoms with van der Waals surface area (Å²) < 4.78 is 56.6. The Hall–Kier alpha value is -5.12. The fourth-order valence-corrected chi connectivity index (χ4v) is 8.11. The van der Waals surface area contributed by atoms with Crippen molar-refractivity contribution in [3.05, 3.63) is 114 Å². The molecule has 0 radical (unpaired) electrons. The van der Waals surface area contributed by atoms with Gasteiger partial charge in [0.1, 0.15) is 18.0 Å². The van der Waals surface area contributed by atoms with Gasteiger partial charge in [-0.05, 0) is 48.1 Å². The second kappa shape index (κ2) is 16.5. The average Bonchev–Trinajstić information content (AvgIpc) is 3.92. The molecule has 1 aliphatic carbocycles. The highest BCUT2D eigenvalue weighted by Gasteiger charge is 2.51. The maximum absolute atomic E-state index is 14.0. The van der Waals surface area contributed by atoms with E-state index in [1.165, 1.54) is 24.0 Å². The Bertz CT molecular complexity index is 2090. The van der Waals surface area contributed by atoms with Crippen molar-refractivity contribution in [3.8, 4) is 0 Å². The zero-order valence-electron chi connectivity index (χ0n) is 31.2. The predicted octanol–water partition coefficient (Wildman–Crippen LogP) is 5.76. The van der Waals surface area contributed by atoms with E-state index in [0.717, 1.165) is 37.2 Å². The Morgan fingerprint density at radius 1 is 0.964 bits per heavy atom. The maximum atomic E-state index is 14.0. The molecule has 6 atom stereocenters. The summed E-state index contributed by atoms with van der Waals surface area (Å²) in [6.45, 7) is 4.15. The number of halogens is 4. The second-order valence-corrected chi connectivity index (χ2v) is 14.7. The number of carbonyl (C=O) groups is 1. The number of aliphatic hydroxyl groups is 2. The molecule has 296 valence electrons. The van der Waals surface area contributed by atoms with Gasteiger partial charge in [-0.1, -0.05) is 79.7 Å². The van der Waals surface area contributed by atoms with Crippen molar-refractivity contribution in [2.24, 2.45) is 0 Å². The number of nitrogens with one attached hydrogen (secondary N) is 1. The lowest BCUT2D eigenvalue weighted by molar-refractivity contribution is -0.190. The summed E-state index contributed by atoms with van der Waals surface area (Å²) in [5.74, 6) is -1.86. The molecule has 5 aromatic rings. The number of fused-ring (bicyclic) bond motifs is 1. The molecule has 2 aromatic heterocycles. The molecule has 0 bridgehead atoms. The lowest BCUT2D eigenvalue weighted by Crippen LogP contribution is -2.51. The molecule has 56 heavy (non-hydrogen) atoms. The largest absolute Gasteiger partial charge is 0.471 e. The highest BCUT2D eigenvalue weighted by molar-refractivity contribution is 5.85. The molecular weight excluding hydrogens is 728 g/mol. The minimum Gasteiger partial charge on any atom is -0.388 e. The Balaban J connectivity index is 1.23. The number of imidazole rings is 1. The number of carbonyl (C=O) groups excluding carboxylic acids is 1. The Labute approximate surface area is 322 Å². The van der Waals surface area contributed by atoms with Gasteiger partial charge in [0.05, 0.1) is 18.4 Å². The Morgan fingerprint density at radius 3 is 2.32 bits per heavy atom. The molecule has 1 saturated carbocycles. The maximum Gasteiger partial charge on any atom is 0.471 e. The first-order chi connectivity index (χ1) is 26.9. The number of rotatable bonds is 13. The Morgan fingerprint density at radius 2 is 1.64 bits per heavy atom. The highest BCUT2D eigenvalue weighted by Crippen LogP contribution is 2.38. The molecule has 2 fully saturated rings. The van der Waals surface area contributed by atoms with Gasteiger partial charge < -0.3 is 29.9 Å². The third kappa shape index (κ3) is 8.20. The van der Waals surface area contributed by atoms with Crippen LogP contribution in [0, 0.1) is 5.82 Å². The van der Waals surface area contributed by atoms with E-state index < -0.39 is 36.4 Å². The summed E-state index contributed by atoms with van der Waals surface area (Å²) in [7, 11) is 1.92. The topological polar surface area (TPSA) is 123 Å². The first kappa shape index (κ1) is 39.1. The van der Waals surface area contributed by atoms with Crippen molar-refractivity contribution in [3.63, 3.8) is 0 Å². The summed E-state index contributed by atoms with van der Waals surface area (Å²) in [5.41, 5.74) is 3.74. The van der Waals surface area contributed by atoms with E-state index in [1.807, 2.05) is 60.5 Å². The van der Waals surface area contributed by atoms with E-state index >= 15 is 0 Å². The monoisotopic (exact) mass is 774 g/mol. The standard InChI is InChI=1S/C41H46F4N8O3/c1-3-19-52(39(56)41(43,44)45)32-21-33(36(55)35(32)54)53-25-47-34-37(46-22-31(27-12-8-5-9-13-27)28-14-16-29(42)17-15-28)48-40(49-38(34)53)50(2)30-18-20-51(24-30)23-26-10-6-4-7-11-26/h4-17,25,30-33,35-36,54-55H,3,18-24H2,1-2H3,(H,46,48,49)/t30-,31?,32-,33+,35+,36-/m0/s1. The molecule has 11 nitrogen and oxygen atoms in total. The number of hydrogen-bond donors (Lipinski definition) is 3. The number of likely N-dealkylation sites (N-methyl/N-ethyl adjacent to an activating group) is 1. The van der Waals surface area contributed by atoms with Crippen molar-refractivity contribution in [2.75, 3.05) is 43.4 Å². The molecule has 2 aliphatic rings. The molecule has 3 aromatic carbocycles. The zero-order chi connectivity index (χ0) is 39.6. The summed E-state index contributed by atoms with van der Waals surface area (Å²) in [4.78, 5) is 32.1. The van der Waals surface area contributed by atoms with E-state index in [-0.39, 0.29) is 37.2 Å². The minimum atomic E-state index is -5.14. The quantitative estimate of drug-likeness (QED) is 0.128. The number of likely N-dealkylation sites (tertiary alicyclic amines) is 1. The van der Waals surface area contributed by atoms with Crippen LogP contribution in [0.1, 0.15) is 54.8 Å². The summed E-state index contributed by atoms with van der Waals surface area (Å²) >= 11 is 0. The number of anilines is 2. The fraction of sp³-hybridized carbons (Fsp3) is 0.415. The van der Waals surface area contributed by atoms with Crippen molar-refractivity contribution in [1.82, 2.24) is 29.3 Å². The second-order valence-electron chi connectivity index (χ2n) is 14.7. The van der Waals surface area contributed by atoms with Gasteiger partial charge in [0.2, 0.25) is 5.95 Å². The van der Waals surface area contributed by atoms with Crippen LogP contribution in [0.5, 0.6) is 0 Å². The fourth-order valence-electron chi connectivity index (χ4n) is 8.11. The van der Waals surface area contributed by atoms with Crippen molar-refractivity contribution in [2.45, 2.75) is 75.2 Å². The summed E-state index contributed by atoms with van der Waals surface area (Å²) in [5, 5.41) is 26.0. The van der Waals surface area contributed by atoms with Crippen LogP contribution in [0.25, 0.3) is 11.2 Å². The van der Waals surface area contributed by atoms with E-state index in [2.05, 4.69) is 27.3 Å². The first-order valence-electron chi connectivity index (χ1n) is 18.9. The minimum absolute atomic E-state index is 0.0518. The Kier molecular flexibility index (Phi) is 11.6. The lowest BCUT2D eigenvalue weighted by atomic mass is 9.91. The third-order valence-electron chi connectivity index (χ3n) is 11.1. The smallest absolute Gasteiger partial charge is 0.388 e.